The third-order valence-corrected chi connectivity index (χ3v) is 6.22. The predicted octanol–water partition coefficient (Wildman–Crippen LogP) is 3.58. The molecule has 2 aliphatic heterocycles. The summed E-state index contributed by atoms with van der Waals surface area (Å²) >= 11 is 0. The summed E-state index contributed by atoms with van der Waals surface area (Å²) in [6.07, 6.45) is -0.229. The SMILES string of the molecule is Cc1cc(C(F)(F)F)cc(O)c1-c1ccc(N[C@@H]2CC[C@@H]3CC[C@H]2N3CCO)nn1. The molecule has 2 fully saturated rings. The van der Waals surface area contributed by atoms with Crippen LogP contribution in [0.15, 0.2) is 24.3 Å². The van der Waals surface area contributed by atoms with Gasteiger partial charge in [0.25, 0.3) is 0 Å². The Hall–Kier alpha value is -2.39. The number of hydrogen-bond acceptors (Lipinski definition) is 6. The van der Waals surface area contributed by atoms with Crippen molar-refractivity contribution in [1.29, 1.82) is 0 Å². The Morgan fingerprint density at radius 1 is 1.13 bits per heavy atom. The molecule has 162 valence electrons. The lowest BCUT2D eigenvalue weighted by molar-refractivity contribution is -0.137. The van der Waals surface area contributed by atoms with Gasteiger partial charge in [-0.25, -0.2) is 0 Å². The summed E-state index contributed by atoms with van der Waals surface area (Å²) < 4.78 is 38.8. The van der Waals surface area contributed by atoms with Gasteiger partial charge in [-0.1, -0.05) is 0 Å². The fraction of sp³-hybridized carbons (Fsp3) is 0.524. The van der Waals surface area contributed by atoms with Crippen LogP contribution in [0.4, 0.5) is 19.0 Å². The number of halogens is 3. The Bertz CT molecular complexity index is 881. The number of phenols is 1. The van der Waals surface area contributed by atoms with Crippen LogP contribution in [0, 0.1) is 6.92 Å². The molecule has 1 aromatic carbocycles. The van der Waals surface area contributed by atoms with Crippen LogP contribution < -0.4 is 5.32 Å². The van der Waals surface area contributed by atoms with Crippen molar-refractivity contribution in [3.8, 4) is 17.0 Å². The van der Waals surface area contributed by atoms with Crippen molar-refractivity contribution in [2.75, 3.05) is 18.5 Å². The van der Waals surface area contributed by atoms with Crippen molar-refractivity contribution in [2.45, 2.75) is 56.9 Å². The molecule has 0 aliphatic carbocycles. The maximum atomic E-state index is 12.9. The van der Waals surface area contributed by atoms with E-state index in [2.05, 4.69) is 20.4 Å². The van der Waals surface area contributed by atoms with Crippen molar-refractivity contribution in [1.82, 2.24) is 15.1 Å². The zero-order chi connectivity index (χ0) is 21.5. The van der Waals surface area contributed by atoms with Crippen molar-refractivity contribution in [2.24, 2.45) is 0 Å². The zero-order valence-electron chi connectivity index (χ0n) is 16.7. The number of nitrogens with zero attached hydrogens (tertiary/aromatic N) is 3. The number of rotatable bonds is 5. The van der Waals surface area contributed by atoms with E-state index in [4.69, 9.17) is 0 Å². The molecule has 0 amide bonds. The summed E-state index contributed by atoms with van der Waals surface area (Å²) in [6, 6.07) is 6.18. The van der Waals surface area contributed by atoms with Gasteiger partial charge in [-0.15, -0.1) is 10.2 Å². The van der Waals surface area contributed by atoms with Crippen molar-refractivity contribution in [3.63, 3.8) is 0 Å². The topological polar surface area (TPSA) is 81.5 Å². The number of hydrogen-bond donors (Lipinski definition) is 3. The average molecular weight is 422 g/mol. The maximum Gasteiger partial charge on any atom is 0.416 e. The van der Waals surface area contributed by atoms with Gasteiger partial charge in [-0.05, 0) is 62.4 Å². The van der Waals surface area contributed by atoms with Gasteiger partial charge in [0, 0.05) is 30.2 Å². The molecule has 0 saturated carbocycles. The number of fused-ring (bicyclic) bond motifs is 2. The molecule has 30 heavy (non-hydrogen) atoms. The highest BCUT2D eigenvalue weighted by Gasteiger charge is 2.42. The Kier molecular flexibility index (Phi) is 5.59. The number of aromatic hydroxyl groups is 1. The number of anilines is 1. The number of benzene rings is 1. The van der Waals surface area contributed by atoms with Crippen LogP contribution in [-0.2, 0) is 6.18 Å². The normalized spacial score (nSPS) is 24.2. The third kappa shape index (κ3) is 3.96. The second-order valence-electron chi connectivity index (χ2n) is 8.08. The minimum Gasteiger partial charge on any atom is -0.507 e. The van der Waals surface area contributed by atoms with Gasteiger partial charge in [0.1, 0.15) is 11.6 Å². The van der Waals surface area contributed by atoms with Crippen LogP contribution in [0.3, 0.4) is 0 Å². The van der Waals surface area contributed by atoms with Crippen molar-refractivity contribution < 1.29 is 23.4 Å². The van der Waals surface area contributed by atoms with Crippen LogP contribution in [0.2, 0.25) is 0 Å². The summed E-state index contributed by atoms with van der Waals surface area (Å²) in [5.41, 5.74) is -0.0587. The highest BCUT2D eigenvalue weighted by atomic mass is 19.4. The van der Waals surface area contributed by atoms with E-state index in [1.54, 1.807) is 12.1 Å². The number of aromatic nitrogens is 2. The first-order chi connectivity index (χ1) is 14.3. The number of phenolic OH excluding ortho intramolecular Hbond substituents is 1. The maximum absolute atomic E-state index is 12.9. The first kappa shape index (κ1) is 20.9. The van der Waals surface area contributed by atoms with Crippen LogP contribution in [0.25, 0.3) is 11.3 Å². The van der Waals surface area contributed by atoms with E-state index in [0.29, 0.717) is 36.2 Å². The quantitative estimate of drug-likeness (QED) is 0.684. The summed E-state index contributed by atoms with van der Waals surface area (Å²) in [7, 11) is 0. The van der Waals surface area contributed by atoms with E-state index in [-0.39, 0.29) is 23.8 Å². The van der Waals surface area contributed by atoms with Crippen LogP contribution in [-0.4, -0.2) is 56.6 Å². The number of aryl methyl sites for hydroxylation is 1. The van der Waals surface area contributed by atoms with Gasteiger partial charge in [-0.2, -0.15) is 13.2 Å². The van der Waals surface area contributed by atoms with E-state index in [9.17, 15) is 23.4 Å². The standard InChI is InChI=1S/C21H25F3N4O2/c1-12-10-13(21(22,23)24)11-18(30)20(12)16-5-7-19(27-26-16)25-15-4-2-14-3-6-17(15)28(14)8-9-29/h5,7,10-11,14-15,17,29-30H,2-4,6,8-9H2,1H3,(H,25,27)/t14-,15-,17-/m1/s1. The fourth-order valence-corrected chi connectivity index (χ4v) is 4.90. The number of aliphatic hydroxyl groups excluding tert-OH is 1. The molecule has 0 radical (unpaired) electrons. The number of alkyl halides is 3. The lowest BCUT2D eigenvalue weighted by Gasteiger charge is -2.40. The summed E-state index contributed by atoms with van der Waals surface area (Å²) in [4.78, 5) is 2.37. The molecule has 1 aromatic heterocycles. The molecule has 2 aliphatic rings. The first-order valence-corrected chi connectivity index (χ1v) is 10.2. The van der Waals surface area contributed by atoms with E-state index in [0.717, 1.165) is 31.7 Å². The highest BCUT2D eigenvalue weighted by molar-refractivity contribution is 5.71. The van der Waals surface area contributed by atoms with Gasteiger partial charge >= 0.3 is 6.18 Å². The van der Waals surface area contributed by atoms with Crippen LogP contribution >= 0.6 is 0 Å². The predicted molar refractivity (Wildman–Crippen MR) is 106 cm³/mol. The van der Waals surface area contributed by atoms with Gasteiger partial charge in [-0.3, -0.25) is 4.90 Å². The average Bonchev–Trinajstić information content (AvgIpc) is 2.96. The van der Waals surface area contributed by atoms with Crippen LogP contribution in [0.1, 0.15) is 36.8 Å². The molecular formula is C21H25F3N4O2. The lowest BCUT2D eigenvalue weighted by atomic mass is 9.97. The van der Waals surface area contributed by atoms with Gasteiger partial charge < -0.3 is 15.5 Å². The van der Waals surface area contributed by atoms with Crippen LogP contribution in [0.5, 0.6) is 5.75 Å². The van der Waals surface area contributed by atoms with Gasteiger partial charge in [0.05, 0.1) is 17.9 Å². The second kappa shape index (κ2) is 8.03. The van der Waals surface area contributed by atoms with E-state index in [1.165, 1.54) is 6.92 Å². The van der Waals surface area contributed by atoms with E-state index in [1.807, 2.05) is 0 Å². The molecule has 3 atom stereocenters. The minimum absolute atomic E-state index is 0.143. The number of aliphatic hydroxyl groups is 1. The third-order valence-electron chi connectivity index (χ3n) is 6.22. The number of piperidine rings is 1. The molecule has 9 heteroatoms. The molecular weight excluding hydrogens is 397 g/mol. The molecule has 2 bridgehead atoms. The van der Waals surface area contributed by atoms with E-state index >= 15 is 0 Å². The largest absolute Gasteiger partial charge is 0.507 e. The molecule has 3 N–H and O–H groups in total. The molecule has 6 nitrogen and oxygen atoms in total. The summed E-state index contributed by atoms with van der Waals surface area (Å²) in [5, 5.41) is 31.3. The van der Waals surface area contributed by atoms with Crippen molar-refractivity contribution in [3.05, 3.63) is 35.4 Å². The Labute approximate surface area is 172 Å². The zero-order valence-corrected chi connectivity index (χ0v) is 16.7. The molecule has 3 heterocycles. The minimum atomic E-state index is -4.52. The molecule has 4 rings (SSSR count). The molecule has 0 unspecified atom stereocenters. The molecule has 2 saturated heterocycles. The monoisotopic (exact) mass is 422 g/mol. The Morgan fingerprint density at radius 2 is 1.90 bits per heavy atom. The smallest absolute Gasteiger partial charge is 0.416 e. The number of nitrogens with one attached hydrogen (secondary N) is 1. The highest BCUT2D eigenvalue weighted by Crippen LogP contribution is 2.39. The second-order valence-corrected chi connectivity index (χ2v) is 8.08. The Balaban J connectivity index is 1.51. The lowest BCUT2D eigenvalue weighted by Crippen LogP contribution is -2.51. The molecule has 2 aromatic rings. The summed E-state index contributed by atoms with van der Waals surface area (Å²) in [6.45, 7) is 2.32. The Morgan fingerprint density at radius 3 is 2.53 bits per heavy atom. The van der Waals surface area contributed by atoms with Gasteiger partial charge in [0.15, 0.2) is 0 Å². The van der Waals surface area contributed by atoms with E-state index < -0.39 is 17.5 Å². The fourth-order valence-electron chi connectivity index (χ4n) is 4.90. The first-order valence-electron chi connectivity index (χ1n) is 10.2. The van der Waals surface area contributed by atoms with Gasteiger partial charge in [0.2, 0.25) is 0 Å². The molecule has 0 spiro atoms. The summed E-state index contributed by atoms with van der Waals surface area (Å²) in [5.74, 6) is 0.114. The van der Waals surface area contributed by atoms with Crippen molar-refractivity contribution >= 4 is 5.82 Å².